The lowest BCUT2D eigenvalue weighted by Crippen LogP contribution is -2.44. The van der Waals surface area contributed by atoms with E-state index in [1.165, 1.54) is 11.1 Å². The predicted octanol–water partition coefficient (Wildman–Crippen LogP) is 2.34. The monoisotopic (exact) mass is 410 g/mol. The second-order valence-electron chi connectivity index (χ2n) is 7.08. The van der Waals surface area contributed by atoms with Crippen molar-refractivity contribution in [1.29, 1.82) is 0 Å². The number of nitrogens with zero attached hydrogens (tertiary/aromatic N) is 2. The maximum Gasteiger partial charge on any atom is 0.242 e. The van der Waals surface area contributed by atoms with Crippen LogP contribution < -0.4 is 20.1 Å². The van der Waals surface area contributed by atoms with E-state index in [2.05, 4.69) is 20.5 Å². The Hall–Kier alpha value is -3.22. The number of nitrogens with one attached hydrogen (secondary N) is 2. The molecule has 2 aromatic carbocycles. The molecule has 0 aliphatic carbocycles. The average molecular weight is 411 g/mol. The molecule has 7 nitrogen and oxygen atoms in total. The van der Waals surface area contributed by atoms with Gasteiger partial charge in [-0.2, -0.15) is 0 Å². The van der Waals surface area contributed by atoms with Crippen LogP contribution in [0.2, 0.25) is 0 Å². The Kier molecular flexibility index (Phi) is 7.54. The molecular weight excluding hydrogens is 380 g/mol. The summed E-state index contributed by atoms with van der Waals surface area (Å²) in [6, 6.07) is 13.9. The molecule has 1 heterocycles. The topological polar surface area (TPSA) is 75.2 Å². The summed E-state index contributed by atoms with van der Waals surface area (Å²) in [6.45, 7) is 4.87. The number of guanidine groups is 1. The number of fused-ring (bicyclic) bond motifs is 1. The second-order valence-corrected chi connectivity index (χ2v) is 7.08. The molecule has 160 valence electrons. The highest BCUT2D eigenvalue weighted by molar-refractivity contribution is 5.85. The van der Waals surface area contributed by atoms with Crippen LogP contribution in [0.1, 0.15) is 23.6 Å². The molecular formula is C23H30N4O3. The minimum absolute atomic E-state index is 0.0878. The largest absolute Gasteiger partial charge is 0.493 e. The van der Waals surface area contributed by atoms with Crippen LogP contribution in [0, 0.1) is 0 Å². The minimum Gasteiger partial charge on any atom is -0.493 e. The fourth-order valence-electron chi connectivity index (χ4n) is 3.49. The summed E-state index contributed by atoms with van der Waals surface area (Å²) < 4.78 is 10.9. The number of benzene rings is 2. The van der Waals surface area contributed by atoms with Gasteiger partial charge < -0.3 is 25.0 Å². The van der Waals surface area contributed by atoms with E-state index in [9.17, 15) is 4.79 Å². The molecule has 1 amide bonds. The first-order valence-corrected chi connectivity index (χ1v) is 10.2. The van der Waals surface area contributed by atoms with Gasteiger partial charge in [0.05, 0.1) is 14.2 Å². The van der Waals surface area contributed by atoms with Gasteiger partial charge in [0.2, 0.25) is 5.91 Å². The SMILES string of the molecule is CCNC(=NCC(=O)NCc1ccccc1)N1CCc2cc(OC)c(OC)cc2C1. The number of amides is 1. The van der Waals surface area contributed by atoms with Crippen LogP contribution in [-0.4, -0.2) is 50.6 Å². The summed E-state index contributed by atoms with van der Waals surface area (Å²) in [5.74, 6) is 2.12. The molecule has 2 aromatic rings. The lowest BCUT2D eigenvalue weighted by Gasteiger charge is -2.32. The standard InChI is InChI=1S/C23H30N4O3/c1-4-24-23(26-15-22(28)25-14-17-8-6-5-7-9-17)27-11-10-18-12-20(29-2)21(30-3)13-19(18)16-27/h5-9,12-13H,4,10-11,14-16H2,1-3H3,(H,24,26)(H,25,28). The van der Waals surface area contributed by atoms with Crippen LogP contribution in [0.25, 0.3) is 0 Å². The van der Waals surface area contributed by atoms with Crippen molar-refractivity contribution >= 4 is 11.9 Å². The van der Waals surface area contributed by atoms with Crippen molar-refractivity contribution in [3.05, 3.63) is 59.2 Å². The van der Waals surface area contributed by atoms with E-state index in [0.29, 0.717) is 13.1 Å². The lowest BCUT2D eigenvalue weighted by atomic mass is 9.99. The number of hydrogen-bond donors (Lipinski definition) is 2. The molecule has 0 atom stereocenters. The molecule has 7 heteroatoms. The molecule has 0 unspecified atom stereocenters. The first-order chi connectivity index (χ1) is 14.6. The van der Waals surface area contributed by atoms with Gasteiger partial charge in [-0.05, 0) is 42.2 Å². The summed E-state index contributed by atoms with van der Waals surface area (Å²) in [5, 5.41) is 6.22. The number of carbonyl (C=O) groups excluding carboxylic acids is 1. The van der Waals surface area contributed by atoms with E-state index in [0.717, 1.165) is 42.5 Å². The van der Waals surface area contributed by atoms with Crippen molar-refractivity contribution in [1.82, 2.24) is 15.5 Å². The molecule has 0 fully saturated rings. The van der Waals surface area contributed by atoms with Gasteiger partial charge >= 0.3 is 0 Å². The maximum atomic E-state index is 12.3. The fourth-order valence-corrected chi connectivity index (χ4v) is 3.49. The Morgan fingerprint density at radius 2 is 1.77 bits per heavy atom. The van der Waals surface area contributed by atoms with Gasteiger partial charge in [-0.1, -0.05) is 30.3 Å². The first-order valence-electron chi connectivity index (χ1n) is 10.2. The smallest absolute Gasteiger partial charge is 0.242 e. The zero-order valence-electron chi connectivity index (χ0n) is 17.9. The molecule has 0 aromatic heterocycles. The van der Waals surface area contributed by atoms with Gasteiger partial charge in [0.25, 0.3) is 0 Å². The van der Waals surface area contributed by atoms with Crippen molar-refractivity contribution in [3.8, 4) is 11.5 Å². The van der Waals surface area contributed by atoms with Crippen LogP contribution in [0.5, 0.6) is 11.5 Å². The molecule has 3 rings (SSSR count). The third-order valence-corrected chi connectivity index (χ3v) is 5.06. The number of hydrogen-bond acceptors (Lipinski definition) is 4. The van der Waals surface area contributed by atoms with E-state index >= 15 is 0 Å². The second kappa shape index (κ2) is 10.5. The Morgan fingerprint density at radius 1 is 1.07 bits per heavy atom. The summed E-state index contributed by atoms with van der Waals surface area (Å²) in [6.07, 6.45) is 0.875. The molecule has 0 spiro atoms. The van der Waals surface area contributed by atoms with Gasteiger partial charge in [0, 0.05) is 26.2 Å². The number of carbonyl (C=O) groups is 1. The third-order valence-electron chi connectivity index (χ3n) is 5.06. The lowest BCUT2D eigenvalue weighted by molar-refractivity contribution is -0.119. The zero-order chi connectivity index (χ0) is 21.3. The number of rotatable bonds is 7. The summed E-state index contributed by atoms with van der Waals surface area (Å²) in [7, 11) is 3.29. The highest BCUT2D eigenvalue weighted by atomic mass is 16.5. The van der Waals surface area contributed by atoms with Crippen LogP contribution in [-0.2, 0) is 24.3 Å². The molecule has 1 aliphatic rings. The van der Waals surface area contributed by atoms with Crippen molar-refractivity contribution < 1.29 is 14.3 Å². The summed E-state index contributed by atoms with van der Waals surface area (Å²) >= 11 is 0. The van der Waals surface area contributed by atoms with E-state index in [1.54, 1.807) is 14.2 Å². The summed E-state index contributed by atoms with van der Waals surface area (Å²) in [4.78, 5) is 19.0. The van der Waals surface area contributed by atoms with Crippen LogP contribution in [0.4, 0.5) is 0 Å². The van der Waals surface area contributed by atoms with E-state index < -0.39 is 0 Å². The highest BCUT2D eigenvalue weighted by Crippen LogP contribution is 2.33. The first kappa shape index (κ1) is 21.5. The van der Waals surface area contributed by atoms with Gasteiger partial charge in [-0.3, -0.25) is 4.79 Å². The Bertz CT molecular complexity index is 884. The quantitative estimate of drug-likeness (QED) is 0.541. The zero-order valence-corrected chi connectivity index (χ0v) is 17.9. The Balaban J connectivity index is 1.65. The van der Waals surface area contributed by atoms with Gasteiger partial charge in [-0.15, -0.1) is 0 Å². The van der Waals surface area contributed by atoms with E-state index in [-0.39, 0.29) is 12.5 Å². The van der Waals surface area contributed by atoms with Gasteiger partial charge in [-0.25, -0.2) is 4.99 Å². The van der Waals surface area contributed by atoms with Crippen molar-refractivity contribution in [2.24, 2.45) is 4.99 Å². The van der Waals surface area contributed by atoms with Crippen LogP contribution >= 0.6 is 0 Å². The molecule has 0 bridgehead atoms. The van der Waals surface area contributed by atoms with Crippen molar-refractivity contribution in [2.45, 2.75) is 26.4 Å². The molecule has 2 N–H and O–H groups in total. The molecule has 0 saturated carbocycles. The van der Waals surface area contributed by atoms with Gasteiger partial charge in [0.1, 0.15) is 6.54 Å². The Morgan fingerprint density at radius 3 is 2.43 bits per heavy atom. The minimum atomic E-state index is -0.0990. The van der Waals surface area contributed by atoms with Crippen LogP contribution in [0.15, 0.2) is 47.5 Å². The predicted molar refractivity (Wildman–Crippen MR) is 118 cm³/mol. The van der Waals surface area contributed by atoms with E-state index in [4.69, 9.17) is 9.47 Å². The normalized spacial score (nSPS) is 13.4. The number of methoxy groups -OCH3 is 2. The van der Waals surface area contributed by atoms with Crippen LogP contribution in [0.3, 0.4) is 0 Å². The maximum absolute atomic E-state index is 12.3. The van der Waals surface area contributed by atoms with Crippen molar-refractivity contribution in [3.63, 3.8) is 0 Å². The third kappa shape index (κ3) is 5.43. The molecule has 0 saturated heterocycles. The summed E-state index contributed by atoms with van der Waals surface area (Å²) in [5.41, 5.74) is 3.50. The van der Waals surface area contributed by atoms with E-state index in [1.807, 2.05) is 49.4 Å². The van der Waals surface area contributed by atoms with Gasteiger partial charge in [0.15, 0.2) is 17.5 Å². The molecule has 1 aliphatic heterocycles. The number of aliphatic imine (C=N–C) groups is 1. The average Bonchev–Trinajstić information content (AvgIpc) is 2.79. The van der Waals surface area contributed by atoms with Crippen molar-refractivity contribution in [2.75, 3.05) is 33.9 Å². The number of ether oxygens (including phenoxy) is 2. The highest BCUT2D eigenvalue weighted by Gasteiger charge is 2.21. The molecule has 0 radical (unpaired) electrons. The molecule has 30 heavy (non-hydrogen) atoms. The fraction of sp³-hybridized carbons (Fsp3) is 0.391. The Labute approximate surface area is 178 Å².